The highest BCUT2D eigenvalue weighted by Crippen LogP contribution is 2.13. The van der Waals surface area contributed by atoms with E-state index in [1.165, 1.54) is 0 Å². The summed E-state index contributed by atoms with van der Waals surface area (Å²) in [5.74, 6) is 0.0644. The zero-order chi connectivity index (χ0) is 16.2. The minimum atomic E-state index is -3.27. The summed E-state index contributed by atoms with van der Waals surface area (Å²) in [5.41, 5.74) is 0. The molecule has 0 aromatic heterocycles. The molecule has 0 aromatic rings. The highest BCUT2D eigenvalue weighted by atomic mass is 32.2. The Balaban J connectivity index is 1.81. The zero-order valence-corrected chi connectivity index (χ0v) is 14.5. The monoisotopic (exact) mass is 335 g/mol. The first-order chi connectivity index (χ1) is 10.4. The van der Waals surface area contributed by atoms with Crippen molar-refractivity contribution in [1.82, 2.24) is 14.1 Å². The molecule has 0 radical (unpaired) electrons. The number of aliphatic hydroxyl groups is 1. The summed E-state index contributed by atoms with van der Waals surface area (Å²) in [6.07, 6.45) is 0.170. The van der Waals surface area contributed by atoms with E-state index < -0.39 is 10.0 Å². The molecule has 7 nitrogen and oxygen atoms in total. The van der Waals surface area contributed by atoms with Crippen LogP contribution in [0.5, 0.6) is 0 Å². The second-order valence-electron chi connectivity index (χ2n) is 6.30. The summed E-state index contributed by atoms with van der Waals surface area (Å²) in [6.45, 7) is 7.07. The van der Waals surface area contributed by atoms with Gasteiger partial charge in [-0.2, -0.15) is 4.31 Å². The van der Waals surface area contributed by atoms with E-state index in [0.29, 0.717) is 45.9 Å². The van der Waals surface area contributed by atoms with Crippen LogP contribution in [0.3, 0.4) is 0 Å². The molecule has 2 unspecified atom stereocenters. The molecule has 0 aliphatic carbocycles. The van der Waals surface area contributed by atoms with Crippen molar-refractivity contribution >= 4 is 10.0 Å². The van der Waals surface area contributed by atoms with Gasteiger partial charge in [0.15, 0.2) is 0 Å². The smallest absolute Gasteiger partial charge is 0.216 e. The summed E-state index contributed by atoms with van der Waals surface area (Å²) >= 11 is 0. The molecule has 0 bridgehead atoms. The zero-order valence-electron chi connectivity index (χ0n) is 13.6. The Labute approximate surface area is 133 Å². The molecule has 2 heterocycles. The average molecular weight is 335 g/mol. The maximum absolute atomic E-state index is 12.5. The molecule has 0 saturated carbocycles. The fourth-order valence-electron chi connectivity index (χ4n) is 2.93. The lowest BCUT2D eigenvalue weighted by atomic mass is 10.2. The lowest BCUT2D eigenvalue weighted by Crippen LogP contribution is -2.52. The van der Waals surface area contributed by atoms with Crippen LogP contribution < -0.4 is 0 Å². The summed E-state index contributed by atoms with van der Waals surface area (Å²) in [6, 6.07) is 0. The molecule has 0 spiro atoms. The van der Waals surface area contributed by atoms with Crippen LogP contribution in [0.2, 0.25) is 0 Å². The van der Waals surface area contributed by atoms with Gasteiger partial charge in [0.25, 0.3) is 0 Å². The van der Waals surface area contributed by atoms with E-state index in [9.17, 15) is 13.5 Å². The van der Waals surface area contributed by atoms with Gasteiger partial charge in [-0.1, -0.05) is 6.92 Å². The van der Waals surface area contributed by atoms with Gasteiger partial charge in [0.05, 0.1) is 24.6 Å². The second-order valence-corrected chi connectivity index (χ2v) is 8.31. The average Bonchev–Trinajstić information content (AvgIpc) is 2.47. The first-order valence-electron chi connectivity index (χ1n) is 8.09. The number of aliphatic hydroxyl groups excluding tert-OH is 1. The Bertz CT molecular complexity index is 437. The topological polar surface area (TPSA) is 73.3 Å². The Morgan fingerprint density at radius 3 is 2.50 bits per heavy atom. The standard InChI is InChI=1S/C14H29N3O4S/c1-3-13(18)10-16-4-6-17(7-5-16)22(19,20)12-14-11-15(2)8-9-21-14/h13-14,18H,3-12H2,1-2H3. The molecule has 8 heteroatoms. The highest BCUT2D eigenvalue weighted by molar-refractivity contribution is 7.89. The predicted octanol–water partition coefficient (Wildman–Crippen LogP) is -0.965. The molecule has 2 saturated heterocycles. The van der Waals surface area contributed by atoms with Crippen molar-refractivity contribution in [2.75, 3.05) is 65.2 Å². The molecular formula is C14H29N3O4S. The Hall–Kier alpha value is -0.250. The SMILES string of the molecule is CCC(O)CN1CCN(S(=O)(=O)CC2CN(C)CCO2)CC1. The lowest BCUT2D eigenvalue weighted by Gasteiger charge is -2.36. The number of morpholine rings is 1. The first-order valence-corrected chi connectivity index (χ1v) is 9.70. The van der Waals surface area contributed by atoms with E-state index in [1.54, 1.807) is 4.31 Å². The van der Waals surface area contributed by atoms with Crippen LogP contribution in [0, 0.1) is 0 Å². The predicted molar refractivity (Wildman–Crippen MR) is 85.3 cm³/mol. The Morgan fingerprint density at radius 2 is 1.91 bits per heavy atom. The number of hydrogen-bond acceptors (Lipinski definition) is 6. The third kappa shape index (κ3) is 5.14. The number of β-amino-alcohol motifs (C(OH)–C–C–N with tert-alkyl or cyclic N) is 1. The molecule has 0 amide bonds. The lowest BCUT2D eigenvalue weighted by molar-refractivity contribution is -0.00745. The third-order valence-electron chi connectivity index (χ3n) is 4.40. The van der Waals surface area contributed by atoms with Gasteiger partial charge in [0, 0.05) is 45.8 Å². The molecule has 0 aromatic carbocycles. The quantitative estimate of drug-likeness (QED) is 0.674. The van der Waals surface area contributed by atoms with Gasteiger partial charge in [0.2, 0.25) is 10.0 Å². The highest BCUT2D eigenvalue weighted by Gasteiger charge is 2.31. The molecule has 2 atom stereocenters. The number of nitrogens with zero attached hydrogens (tertiary/aromatic N) is 3. The normalized spacial score (nSPS) is 27.9. The number of sulfonamides is 1. The Kier molecular flexibility index (Phi) is 6.60. The van der Waals surface area contributed by atoms with E-state index in [-0.39, 0.29) is 18.0 Å². The van der Waals surface area contributed by atoms with Crippen molar-refractivity contribution in [3.8, 4) is 0 Å². The van der Waals surface area contributed by atoms with Gasteiger partial charge in [-0.3, -0.25) is 4.90 Å². The van der Waals surface area contributed by atoms with E-state index in [1.807, 2.05) is 14.0 Å². The third-order valence-corrected chi connectivity index (χ3v) is 6.35. The molecule has 2 aliphatic heterocycles. The minimum absolute atomic E-state index is 0.0644. The summed E-state index contributed by atoms with van der Waals surface area (Å²) in [4.78, 5) is 4.23. The van der Waals surface area contributed by atoms with Gasteiger partial charge in [-0.25, -0.2) is 8.42 Å². The van der Waals surface area contributed by atoms with Gasteiger partial charge in [-0.05, 0) is 13.5 Å². The van der Waals surface area contributed by atoms with Crippen LogP contribution in [0.4, 0.5) is 0 Å². The fourth-order valence-corrected chi connectivity index (χ4v) is 4.53. The van der Waals surface area contributed by atoms with Crippen LogP contribution in [-0.4, -0.2) is 105 Å². The molecular weight excluding hydrogens is 306 g/mol. The summed E-state index contributed by atoms with van der Waals surface area (Å²) in [5, 5.41) is 9.68. The molecule has 2 aliphatic rings. The van der Waals surface area contributed by atoms with Crippen molar-refractivity contribution in [3.63, 3.8) is 0 Å². The molecule has 1 N–H and O–H groups in total. The van der Waals surface area contributed by atoms with Crippen LogP contribution in [0.25, 0.3) is 0 Å². The molecule has 130 valence electrons. The molecule has 2 fully saturated rings. The van der Waals surface area contributed by atoms with Gasteiger partial charge >= 0.3 is 0 Å². The first kappa shape index (κ1) is 18.1. The largest absolute Gasteiger partial charge is 0.392 e. The number of likely N-dealkylation sites (N-methyl/N-ethyl adjacent to an activating group) is 1. The van der Waals surface area contributed by atoms with E-state index in [4.69, 9.17) is 4.74 Å². The second kappa shape index (κ2) is 8.03. The number of hydrogen-bond donors (Lipinski definition) is 1. The maximum atomic E-state index is 12.5. The van der Waals surface area contributed by atoms with Crippen molar-refractivity contribution in [2.45, 2.75) is 25.6 Å². The summed E-state index contributed by atoms with van der Waals surface area (Å²) < 4.78 is 32.2. The van der Waals surface area contributed by atoms with Crippen LogP contribution >= 0.6 is 0 Å². The molecule has 22 heavy (non-hydrogen) atoms. The number of ether oxygens (including phenoxy) is 1. The van der Waals surface area contributed by atoms with Crippen molar-refractivity contribution in [1.29, 1.82) is 0 Å². The van der Waals surface area contributed by atoms with E-state index >= 15 is 0 Å². The minimum Gasteiger partial charge on any atom is -0.392 e. The van der Waals surface area contributed by atoms with Crippen molar-refractivity contribution in [3.05, 3.63) is 0 Å². The Morgan fingerprint density at radius 1 is 1.23 bits per heavy atom. The van der Waals surface area contributed by atoms with Crippen LogP contribution in [-0.2, 0) is 14.8 Å². The van der Waals surface area contributed by atoms with Crippen LogP contribution in [0.15, 0.2) is 0 Å². The number of rotatable bonds is 6. The van der Waals surface area contributed by atoms with Crippen molar-refractivity contribution in [2.24, 2.45) is 0 Å². The summed E-state index contributed by atoms with van der Waals surface area (Å²) in [7, 11) is -1.29. The fraction of sp³-hybridized carbons (Fsp3) is 1.00. The van der Waals surface area contributed by atoms with E-state index in [2.05, 4.69) is 9.80 Å². The van der Waals surface area contributed by atoms with Gasteiger partial charge in [-0.15, -0.1) is 0 Å². The molecule has 2 rings (SSSR count). The maximum Gasteiger partial charge on any atom is 0.216 e. The van der Waals surface area contributed by atoms with Crippen molar-refractivity contribution < 1.29 is 18.3 Å². The van der Waals surface area contributed by atoms with Gasteiger partial charge < -0.3 is 14.7 Å². The van der Waals surface area contributed by atoms with Gasteiger partial charge in [0.1, 0.15) is 0 Å². The van der Waals surface area contributed by atoms with E-state index in [0.717, 1.165) is 13.0 Å². The van der Waals surface area contributed by atoms with Crippen LogP contribution in [0.1, 0.15) is 13.3 Å². The number of piperazine rings is 1.